The first-order chi connectivity index (χ1) is 7.79. The Bertz CT molecular complexity index is 393. The average Bonchev–Trinajstić information content (AvgIpc) is 2.69. The zero-order valence-corrected chi connectivity index (χ0v) is 11.1. The number of thiazole rings is 1. The van der Waals surface area contributed by atoms with Crippen LogP contribution in [-0.4, -0.2) is 23.0 Å². The van der Waals surface area contributed by atoms with Crippen molar-refractivity contribution in [3.05, 3.63) is 10.0 Å². The lowest BCUT2D eigenvalue weighted by atomic mass is 10.0. The van der Waals surface area contributed by atoms with Crippen LogP contribution in [0.15, 0.2) is 0 Å². The molecule has 0 unspecified atom stereocenters. The maximum atomic E-state index is 8.73. The van der Waals surface area contributed by atoms with Crippen molar-refractivity contribution in [2.45, 2.75) is 12.8 Å². The van der Waals surface area contributed by atoms with E-state index in [-0.39, 0.29) is 0 Å². The van der Waals surface area contributed by atoms with Crippen molar-refractivity contribution >= 4 is 39.8 Å². The minimum atomic E-state index is 0.327. The van der Waals surface area contributed by atoms with Gasteiger partial charge in [-0.2, -0.15) is 17.0 Å². The van der Waals surface area contributed by atoms with Crippen LogP contribution in [0.1, 0.15) is 18.5 Å². The fraction of sp³-hybridized carbons (Fsp3) is 0.600. The van der Waals surface area contributed by atoms with Crippen molar-refractivity contribution in [1.82, 2.24) is 4.98 Å². The molecule has 6 heteroatoms. The Labute approximate surface area is 108 Å². The van der Waals surface area contributed by atoms with E-state index >= 15 is 0 Å². The van der Waals surface area contributed by atoms with Gasteiger partial charge in [0.25, 0.3) is 0 Å². The highest BCUT2D eigenvalue weighted by Gasteiger charge is 2.14. The van der Waals surface area contributed by atoms with E-state index in [0.29, 0.717) is 10.0 Å². The van der Waals surface area contributed by atoms with Gasteiger partial charge in [0.05, 0.1) is 0 Å². The van der Waals surface area contributed by atoms with Crippen molar-refractivity contribution in [3.8, 4) is 6.07 Å². The van der Waals surface area contributed by atoms with Gasteiger partial charge >= 0.3 is 0 Å². The molecule has 16 heavy (non-hydrogen) atoms. The Balaban J connectivity index is 1.86. The van der Waals surface area contributed by atoms with E-state index in [1.54, 1.807) is 0 Å². The van der Waals surface area contributed by atoms with Gasteiger partial charge in [0.1, 0.15) is 10.4 Å². The van der Waals surface area contributed by atoms with Crippen LogP contribution in [0.25, 0.3) is 0 Å². The van der Waals surface area contributed by atoms with E-state index in [4.69, 9.17) is 16.9 Å². The smallest absolute Gasteiger partial charge is 0.185 e. The van der Waals surface area contributed by atoms with Gasteiger partial charge in [-0.15, -0.1) is 0 Å². The van der Waals surface area contributed by atoms with Gasteiger partial charge in [0, 0.05) is 6.54 Å². The SMILES string of the molecule is N#Cc1nc(NCC2CCSCC2)sc1Cl. The van der Waals surface area contributed by atoms with Crippen molar-refractivity contribution in [2.75, 3.05) is 23.4 Å². The van der Waals surface area contributed by atoms with Gasteiger partial charge in [-0.3, -0.25) is 0 Å². The molecule has 0 atom stereocenters. The number of aromatic nitrogens is 1. The van der Waals surface area contributed by atoms with Crippen molar-refractivity contribution < 1.29 is 0 Å². The second-order valence-electron chi connectivity index (χ2n) is 3.69. The topological polar surface area (TPSA) is 48.7 Å². The quantitative estimate of drug-likeness (QED) is 0.919. The zero-order chi connectivity index (χ0) is 11.4. The van der Waals surface area contributed by atoms with Crippen LogP contribution in [0, 0.1) is 17.2 Å². The first kappa shape index (κ1) is 12.0. The minimum Gasteiger partial charge on any atom is -0.361 e. The van der Waals surface area contributed by atoms with Crippen LogP contribution >= 0.6 is 34.7 Å². The zero-order valence-electron chi connectivity index (χ0n) is 8.70. The standard InChI is InChI=1S/C10H12ClN3S2/c11-9-8(5-12)14-10(16-9)13-6-7-1-3-15-4-2-7/h7H,1-4,6H2,(H,13,14). The van der Waals surface area contributed by atoms with E-state index in [0.717, 1.165) is 17.6 Å². The molecule has 3 nitrogen and oxygen atoms in total. The number of thioether (sulfide) groups is 1. The molecule has 1 saturated heterocycles. The summed E-state index contributed by atoms with van der Waals surface area (Å²) in [5, 5.41) is 12.8. The molecular weight excluding hydrogens is 262 g/mol. The summed E-state index contributed by atoms with van der Waals surface area (Å²) in [6, 6.07) is 1.98. The monoisotopic (exact) mass is 273 g/mol. The van der Waals surface area contributed by atoms with Crippen molar-refractivity contribution in [1.29, 1.82) is 5.26 Å². The Morgan fingerprint density at radius 2 is 2.25 bits per heavy atom. The lowest BCUT2D eigenvalue weighted by Crippen LogP contribution is -2.18. The first-order valence-electron chi connectivity index (χ1n) is 5.17. The molecule has 1 aliphatic heterocycles. The highest BCUT2D eigenvalue weighted by atomic mass is 35.5. The van der Waals surface area contributed by atoms with Crippen LogP contribution in [0.5, 0.6) is 0 Å². The third-order valence-corrected chi connectivity index (χ3v) is 4.84. The molecule has 1 aromatic rings. The van der Waals surface area contributed by atoms with Gasteiger partial charge in [0.2, 0.25) is 0 Å². The fourth-order valence-electron chi connectivity index (χ4n) is 1.63. The summed E-state index contributed by atoms with van der Waals surface area (Å²) in [6.07, 6.45) is 2.53. The van der Waals surface area contributed by atoms with Gasteiger partial charge in [-0.05, 0) is 30.3 Å². The molecule has 0 aliphatic carbocycles. The maximum Gasteiger partial charge on any atom is 0.185 e. The van der Waals surface area contributed by atoms with E-state index in [1.807, 2.05) is 17.8 Å². The van der Waals surface area contributed by atoms with E-state index in [9.17, 15) is 0 Å². The van der Waals surface area contributed by atoms with Crippen molar-refractivity contribution in [2.24, 2.45) is 5.92 Å². The summed E-state index contributed by atoms with van der Waals surface area (Å²) in [4.78, 5) is 4.12. The molecule has 1 aliphatic rings. The predicted molar refractivity (Wildman–Crippen MR) is 70.4 cm³/mol. The summed E-state index contributed by atoms with van der Waals surface area (Å²) in [7, 11) is 0. The van der Waals surface area contributed by atoms with Gasteiger partial charge in [-0.1, -0.05) is 22.9 Å². The third kappa shape index (κ3) is 3.03. The highest BCUT2D eigenvalue weighted by Crippen LogP contribution is 2.28. The van der Waals surface area contributed by atoms with E-state index in [2.05, 4.69) is 10.3 Å². The summed E-state index contributed by atoms with van der Waals surface area (Å²) < 4.78 is 0.476. The van der Waals surface area contributed by atoms with Gasteiger partial charge in [-0.25, -0.2) is 4.98 Å². The number of nitriles is 1. The van der Waals surface area contributed by atoms with Gasteiger partial charge in [0.15, 0.2) is 10.8 Å². The summed E-state index contributed by atoms with van der Waals surface area (Å²) in [5.74, 6) is 3.25. The number of anilines is 1. The van der Waals surface area contributed by atoms with Crippen LogP contribution in [0.3, 0.4) is 0 Å². The van der Waals surface area contributed by atoms with Crippen molar-refractivity contribution in [3.63, 3.8) is 0 Å². The maximum absolute atomic E-state index is 8.73. The fourth-order valence-corrected chi connectivity index (χ4v) is 3.79. The van der Waals surface area contributed by atoms with Gasteiger partial charge < -0.3 is 5.32 Å². The molecule has 2 rings (SSSR count). The normalized spacial score (nSPS) is 17.0. The number of hydrogen-bond acceptors (Lipinski definition) is 5. The Morgan fingerprint density at radius 1 is 1.50 bits per heavy atom. The van der Waals surface area contributed by atoms with Crippen LogP contribution in [0.4, 0.5) is 5.13 Å². The summed E-state index contributed by atoms with van der Waals surface area (Å²) in [5.41, 5.74) is 0.327. The first-order valence-corrected chi connectivity index (χ1v) is 7.52. The summed E-state index contributed by atoms with van der Waals surface area (Å²) >= 11 is 9.23. The minimum absolute atomic E-state index is 0.327. The lowest BCUT2D eigenvalue weighted by Gasteiger charge is -2.21. The Hall–Kier alpha value is -0.440. The van der Waals surface area contributed by atoms with E-state index in [1.165, 1.54) is 35.7 Å². The molecule has 0 radical (unpaired) electrons. The van der Waals surface area contributed by atoms with Crippen LogP contribution < -0.4 is 5.32 Å². The predicted octanol–water partition coefficient (Wildman–Crippen LogP) is 3.22. The number of nitrogens with zero attached hydrogens (tertiary/aromatic N) is 2. The number of rotatable bonds is 3. The van der Waals surface area contributed by atoms with E-state index < -0.39 is 0 Å². The molecule has 0 amide bonds. The highest BCUT2D eigenvalue weighted by molar-refractivity contribution is 7.99. The molecule has 86 valence electrons. The third-order valence-electron chi connectivity index (χ3n) is 2.57. The average molecular weight is 274 g/mol. The molecule has 0 aromatic carbocycles. The number of halogens is 1. The lowest BCUT2D eigenvalue weighted by molar-refractivity contribution is 0.516. The molecule has 2 heterocycles. The second-order valence-corrected chi connectivity index (χ2v) is 6.52. The summed E-state index contributed by atoms with van der Waals surface area (Å²) in [6.45, 7) is 0.940. The number of hydrogen-bond donors (Lipinski definition) is 1. The Kier molecular flexibility index (Phi) is 4.33. The Morgan fingerprint density at radius 3 is 2.88 bits per heavy atom. The second kappa shape index (κ2) is 5.76. The van der Waals surface area contributed by atoms with Crippen LogP contribution in [0.2, 0.25) is 4.34 Å². The molecule has 1 N–H and O–H groups in total. The molecule has 1 aromatic heterocycles. The van der Waals surface area contributed by atoms with Crippen LogP contribution in [-0.2, 0) is 0 Å². The number of nitrogens with one attached hydrogen (secondary N) is 1. The molecule has 1 fully saturated rings. The largest absolute Gasteiger partial charge is 0.361 e. The molecule has 0 saturated carbocycles. The molecule has 0 spiro atoms. The molecular formula is C10H12ClN3S2. The molecule has 0 bridgehead atoms.